The van der Waals surface area contributed by atoms with E-state index in [0.29, 0.717) is 11.8 Å². The Kier molecular flexibility index (Phi) is 6.62. The Labute approximate surface area is 140 Å². The van der Waals surface area contributed by atoms with Crippen LogP contribution in [-0.4, -0.2) is 31.7 Å². The van der Waals surface area contributed by atoms with E-state index >= 15 is 0 Å². The number of methoxy groups -OCH3 is 2. The van der Waals surface area contributed by atoms with Crippen molar-refractivity contribution >= 4 is 22.6 Å². The minimum atomic E-state index is 0.508. The zero-order valence-corrected chi connectivity index (χ0v) is 14.0. The standard InChI is InChI=1S/C17H20N2O3S/c1-20-14-5-3-13(4-6-14)19-17(18)23-12-11-22-16-9-7-15(21-2)8-10-16/h3-10H,11-12H2,1-2H3,(H2,18,19). The molecule has 0 spiro atoms. The Bertz CT molecular complexity index is 627. The maximum Gasteiger partial charge on any atom is 0.159 e. The summed E-state index contributed by atoms with van der Waals surface area (Å²) in [5.74, 6) is 3.13. The average Bonchev–Trinajstić information content (AvgIpc) is 2.60. The van der Waals surface area contributed by atoms with E-state index in [4.69, 9.17) is 19.9 Å². The molecule has 0 unspecified atom stereocenters. The van der Waals surface area contributed by atoms with Crippen molar-refractivity contribution in [3.05, 3.63) is 48.5 Å². The Morgan fingerprint density at radius 1 is 0.913 bits per heavy atom. The molecule has 0 radical (unpaired) electrons. The molecule has 0 fully saturated rings. The van der Waals surface area contributed by atoms with E-state index in [0.717, 1.165) is 28.7 Å². The molecule has 23 heavy (non-hydrogen) atoms. The molecule has 0 amide bonds. The van der Waals surface area contributed by atoms with Crippen LogP contribution in [0.5, 0.6) is 17.2 Å². The molecule has 2 rings (SSSR count). The van der Waals surface area contributed by atoms with Gasteiger partial charge in [-0.3, -0.25) is 0 Å². The van der Waals surface area contributed by atoms with Crippen molar-refractivity contribution in [1.29, 1.82) is 0 Å². The first-order valence-electron chi connectivity index (χ1n) is 7.09. The molecule has 2 N–H and O–H groups in total. The van der Waals surface area contributed by atoms with Crippen molar-refractivity contribution in [3.8, 4) is 17.2 Å². The van der Waals surface area contributed by atoms with Crippen LogP contribution in [0.4, 0.5) is 5.69 Å². The van der Waals surface area contributed by atoms with E-state index in [-0.39, 0.29) is 0 Å². The van der Waals surface area contributed by atoms with Crippen molar-refractivity contribution in [2.75, 3.05) is 26.6 Å². The van der Waals surface area contributed by atoms with E-state index in [1.807, 2.05) is 48.5 Å². The number of hydrogen-bond donors (Lipinski definition) is 1. The van der Waals surface area contributed by atoms with Crippen LogP contribution in [-0.2, 0) is 0 Å². The van der Waals surface area contributed by atoms with E-state index < -0.39 is 0 Å². The average molecular weight is 332 g/mol. The molecule has 0 aliphatic rings. The van der Waals surface area contributed by atoms with Crippen molar-refractivity contribution in [2.24, 2.45) is 10.7 Å². The summed E-state index contributed by atoms with van der Waals surface area (Å²) in [6.45, 7) is 0.551. The van der Waals surface area contributed by atoms with Crippen molar-refractivity contribution in [1.82, 2.24) is 0 Å². The number of aliphatic imine (C=N–C) groups is 1. The number of thioether (sulfide) groups is 1. The predicted molar refractivity (Wildman–Crippen MR) is 95.2 cm³/mol. The lowest BCUT2D eigenvalue weighted by Gasteiger charge is -2.07. The summed E-state index contributed by atoms with van der Waals surface area (Å²) >= 11 is 1.45. The van der Waals surface area contributed by atoms with Crippen molar-refractivity contribution in [3.63, 3.8) is 0 Å². The molecule has 0 heterocycles. The van der Waals surface area contributed by atoms with Crippen LogP contribution in [0, 0.1) is 0 Å². The molecule has 2 aromatic carbocycles. The Balaban J connectivity index is 1.74. The first kappa shape index (κ1) is 17.0. The zero-order valence-electron chi connectivity index (χ0n) is 13.2. The van der Waals surface area contributed by atoms with Crippen molar-refractivity contribution < 1.29 is 14.2 Å². The van der Waals surface area contributed by atoms with Gasteiger partial charge in [-0.15, -0.1) is 0 Å². The third-order valence-corrected chi connectivity index (χ3v) is 3.73. The minimum Gasteiger partial charge on any atom is -0.497 e. The molecule has 0 atom stereocenters. The molecule has 2 aromatic rings. The van der Waals surface area contributed by atoms with Crippen LogP contribution >= 0.6 is 11.8 Å². The lowest BCUT2D eigenvalue weighted by Crippen LogP contribution is -2.10. The van der Waals surface area contributed by atoms with Crippen LogP contribution < -0.4 is 19.9 Å². The quantitative estimate of drug-likeness (QED) is 0.478. The molecule has 122 valence electrons. The highest BCUT2D eigenvalue weighted by atomic mass is 32.2. The van der Waals surface area contributed by atoms with E-state index in [2.05, 4.69) is 4.99 Å². The van der Waals surface area contributed by atoms with Gasteiger partial charge in [0.2, 0.25) is 0 Å². The summed E-state index contributed by atoms with van der Waals surface area (Å²) in [5.41, 5.74) is 6.70. The summed E-state index contributed by atoms with van der Waals surface area (Å²) in [5, 5.41) is 0.508. The van der Waals surface area contributed by atoms with Gasteiger partial charge in [0, 0.05) is 5.75 Å². The molecule has 0 saturated heterocycles. The zero-order chi connectivity index (χ0) is 16.5. The predicted octanol–water partition coefficient (Wildman–Crippen LogP) is 3.46. The first-order valence-corrected chi connectivity index (χ1v) is 8.07. The number of ether oxygens (including phenoxy) is 3. The van der Waals surface area contributed by atoms with Gasteiger partial charge in [-0.2, -0.15) is 0 Å². The fourth-order valence-electron chi connectivity index (χ4n) is 1.79. The smallest absolute Gasteiger partial charge is 0.159 e. The van der Waals surface area contributed by atoms with Crippen LogP contribution in [0.3, 0.4) is 0 Å². The molecular formula is C17H20N2O3S. The number of amidine groups is 1. The fourth-order valence-corrected chi connectivity index (χ4v) is 2.34. The highest BCUT2D eigenvalue weighted by Crippen LogP contribution is 2.19. The van der Waals surface area contributed by atoms with Crippen LogP contribution in [0.1, 0.15) is 0 Å². The molecule has 0 aromatic heterocycles. The van der Waals surface area contributed by atoms with Gasteiger partial charge in [-0.25, -0.2) is 4.99 Å². The second-order valence-corrected chi connectivity index (χ2v) is 5.64. The molecule has 0 saturated carbocycles. The minimum absolute atomic E-state index is 0.508. The normalized spacial score (nSPS) is 11.1. The molecule has 5 nitrogen and oxygen atoms in total. The van der Waals surface area contributed by atoms with Gasteiger partial charge in [-0.1, -0.05) is 11.8 Å². The Hall–Kier alpha value is -2.34. The van der Waals surface area contributed by atoms with E-state index in [9.17, 15) is 0 Å². The maximum atomic E-state index is 5.90. The Morgan fingerprint density at radius 3 is 2.00 bits per heavy atom. The first-order chi connectivity index (χ1) is 11.2. The second-order valence-electron chi connectivity index (χ2n) is 4.52. The number of rotatable bonds is 7. The molecular weight excluding hydrogens is 312 g/mol. The maximum absolute atomic E-state index is 5.90. The van der Waals surface area contributed by atoms with Gasteiger partial charge in [0.05, 0.1) is 26.5 Å². The number of nitrogens with two attached hydrogens (primary N) is 1. The van der Waals surface area contributed by atoms with Crippen LogP contribution in [0.15, 0.2) is 53.5 Å². The van der Waals surface area contributed by atoms with Crippen LogP contribution in [0.2, 0.25) is 0 Å². The van der Waals surface area contributed by atoms with E-state index in [1.165, 1.54) is 11.8 Å². The molecule has 6 heteroatoms. The lowest BCUT2D eigenvalue weighted by molar-refractivity contribution is 0.343. The second kappa shape index (κ2) is 8.95. The molecule has 0 bridgehead atoms. The molecule has 0 aliphatic heterocycles. The summed E-state index contributed by atoms with van der Waals surface area (Å²) in [4.78, 5) is 4.33. The lowest BCUT2D eigenvalue weighted by atomic mass is 10.3. The number of nitrogens with zero attached hydrogens (tertiary/aromatic N) is 1. The van der Waals surface area contributed by atoms with E-state index in [1.54, 1.807) is 14.2 Å². The third kappa shape index (κ3) is 5.75. The van der Waals surface area contributed by atoms with Gasteiger partial charge in [0.25, 0.3) is 0 Å². The van der Waals surface area contributed by atoms with Gasteiger partial charge >= 0.3 is 0 Å². The van der Waals surface area contributed by atoms with Gasteiger partial charge in [0.1, 0.15) is 17.2 Å². The highest BCUT2D eigenvalue weighted by Gasteiger charge is 1.99. The summed E-state index contributed by atoms with van der Waals surface area (Å²) in [7, 11) is 3.27. The summed E-state index contributed by atoms with van der Waals surface area (Å²) < 4.78 is 15.8. The molecule has 0 aliphatic carbocycles. The van der Waals surface area contributed by atoms with Crippen molar-refractivity contribution in [2.45, 2.75) is 0 Å². The summed E-state index contributed by atoms with van der Waals surface area (Å²) in [6, 6.07) is 14.9. The fraction of sp³-hybridized carbons (Fsp3) is 0.235. The Morgan fingerprint density at radius 2 is 1.43 bits per heavy atom. The highest BCUT2D eigenvalue weighted by molar-refractivity contribution is 8.13. The van der Waals surface area contributed by atoms with Gasteiger partial charge in [-0.05, 0) is 48.5 Å². The monoisotopic (exact) mass is 332 g/mol. The number of benzene rings is 2. The summed E-state index contributed by atoms with van der Waals surface area (Å²) in [6.07, 6.45) is 0. The topological polar surface area (TPSA) is 66.1 Å². The third-order valence-electron chi connectivity index (χ3n) is 2.97. The largest absolute Gasteiger partial charge is 0.497 e. The SMILES string of the molecule is COc1ccc(N=C(N)SCCOc2ccc(OC)cc2)cc1. The van der Waals surface area contributed by atoms with Gasteiger partial charge in [0.15, 0.2) is 5.17 Å². The van der Waals surface area contributed by atoms with Crippen LogP contribution in [0.25, 0.3) is 0 Å². The van der Waals surface area contributed by atoms with Gasteiger partial charge < -0.3 is 19.9 Å². The number of hydrogen-bond acceptors (Lipinski definition) is 5.